The summed E-state index contributed by atoms with van der Waals surface area (Å²) in [5, 5.41) is 3.34. The highest BCUT2D eigenvalue weighted by Crippen LogP contribution is 2.16. The molecule has 0 aliphatic carbocycles. The lowest BCUT2D eigenvalue weighted by atomic mass is 10.1. The van der Waals surface area contributed by atoms with Gasteiger partial charge < -0.3 is 15.1 Å². The van der Waals surface area contributed by atoms with Crippen LogP contribution in [0.5, 0.6) is 0 Å². The summed E-state index contributed by atoms with van der Waals surface area (Å²) >= 11 is 0. The summed E-state index contributed by atoms with van der Waals surface area (Å²) in [6.07, 6.45) is 1.59. The topological polar surface area (TPSA) is 52.7 Å². The van der Waals surface area contributed by atoms with Crippen molar-refractivity contribution in [1.29, 1.82) is 0 Å². The van der Waals surface area contributed by atoms with E-state index in [0.29, 0.717) is 19.0 Å². The Kier molecular flexibility index (Phi) is 4.43. The molecule has 5 heteroatoms. The van der Waals surface area contributed by atoms with Gasteiger partial charge in [-0.3, -0.25) is 9.59 Å². The maximum atomic E-state index is 12.6. The smallest absolute Gasteiger partial charge is 0.253 e. The number of piperazine rings is 1. The van der Waals surface area contributed by atoms with Gasteiger partial charge in [-0.2, -0.15) is 0 Å². The lowest BCUT2D eigenvalue weighted by Crippen LogP contribution is -2.51. The predicted molar refractivity (Wildman–Crippen MR) is 84.5 cm³/mol. The summed E-state index contributed by atoms with van der Waals surface area (Å²) in [7, 11) is 0. The molecule has 2 aliphatic heterocycles. The molecule has 0 bridgehead atoms. The Morgan fingerprint density at radius 2 is 2.23 bits per heavy atom. The van der Waals surface area contributed by atoms with Crippen LogP contribution in [0.2, 0.25) is 0 Å². The SMILES string of the molecule is CC1CN(C(=O)c2cccc(CN3CCCC3=O)c2)CCN1. The monoisotopic (exact) mass is 301 g/mol. The van der Waals surface area contributed by atoms with E-state index in [1.165, 1.54) is 0 Å². The summed E-state index contributed by atoms with van der Waals surface area (Å²) in [6.45, 7) is 5.86. The fourth-order valence-electron chi connectivity index (χ4n) is 3.19. The van der Waals surface area contributed by atoms with E-state index < -0.39 is 0 Å². The van der Waals surface area contributed by atoms with Crippen LogP contribution in [-0.4, -0.2) is 53.8 Å². The zero-order valence-corrected chi connectivity index (χ0v) is 13.0. The van der Waals surface area contributed by atoms with Gasteiger partial charge in [0.1, 0.15) is 0 Å². The molecule has 22 heavy (non-hydrogen) atoms. The summed E-state index contributed by atoms with van der Waals surface area (Å²) in [6, 6.07) is 8.03. The number of likely N-dealkylation sites (tertiary alicyclic amines) is 1. The van der Waals surface area contributed by atoms with E-state index in [0.717, 1.165) is 43.7 Å². The Morgan fingerprint density at radius 3 is 2.95 bits per heavy atom. The minimum atomic E-state index is 0.0861. The first-order valence-electron chi connectivity index (χ1n) is 8.03. The van der Waals surface area contributed by atoms with Crippen molar-refractivity contribution in [1.82, 2.24) is 15.1 Å². The summed E-state index contributed by atoms with van der Waals surface area (Å²) in [5.74, 6) is 0.301. The molecule has 0 aromatic heterocycles. The maximum Gasteiger partial charge on any atom is 0.253 e. The number of amides is 2. The van der Waals surface area contributed by atoms with Gasteiger partial charge in [0.2, 0.25) is 5.91 Å². The van der Waals surface area contributed by atoms with E-state index in [-0.39, 0.29) is 11.8 Å². The molecule has 1 aromatic carbocycles. The van der Waals surface area contributed by atoms with Gasteiger partial charge >= 0.3 is 0 Å². The predicted octanol–water partition coefficient (Wildman–Crippen LogP) is 1.24. The molecular formula is C17H23N3O2. The van der Waals surface area contributed by atoms with Crippen LogP contribution in [0.3, 0.4) is 0 Å². The first-order valence-corrected chi connectivity index (χ1v) is 8.03. The zero-order chi connectivity index (χ0) is 15.5. The van der Waals surface area contributed by atoms with Crippen LogP contribution >= 0.6 is 0 Å². The van der Waals surface area contributed by atoms with Gasteiger partial charge in [0, 0.05) is 50.7 Å². The molecule has 2 saturated heterocycles. The van der Waals surface area contributed by atoms with Crippen molar-refractivity contribution in [2.24, 2.45) is 0 Å². The Bertz CT molecular complexity index is 573. The number of carbonyl (C=O) groups is 2. The van der Waals surface area contributed by atoms with Gasteiger partial charge in [-0.1, -0.05) is 12.1 Å². The number of carbonyl (C=O) groups excluding carboxylic acids is 2. The normalized spacial score (nSPS) is 22.2. The van der Waals surface area contributed by atoms with Gasteiger partial charge in [0.05, 0.1) is 0 Å². The van der Waals surface area contributed by atoms with Gasteiger partial charge in [-0.15, -0.1) is 0 Å². The van der Waals surface area contributed by atoms with Gasteiger partial charge in [-0.05, 0) is 31.0 Å². The van der Waals surface area contributed by atoms with Crippen LogP contribution < -0.4 is 5.32 Å². The van der Waals surface area contributed by atoms with Crippen LogP contribution in [0.1, 0.15) is 35.7 Å². The molecule has 2 amide bonds. The molecule has 0 spiro atoms. The maximum absolute atomic E-state index is 12.6. The molecule has 5 nitrogen and oxygen atoms in total. The molecule has 1 N–H and O–H groups in total. The van der Waals surface area contributed by atoms with E-state index >= 15 is 0 Å². The van der Waals surface area contributed by atoms with E-state index in [9.17, 15) is 9.59 Å². The molecule has 3 rings (SSSR count). The van der Waals surface area contributed by atoms with Crippen LogP contribution in [-0.2, 0) is 11.3 Å². The van der Waals surface area contributed by atoms with Gasteiger partial charge in [0.25, 0.3) is 5.91 Å². The number of rotatable bonds is 3. The van der Waals surface area contributed by atoms with Gasteiger partial charge in [0.15, 0.2) is 0 Å². The molecule has 1 unspecified atom stereocenters. The molecule has 0 saturated carbocycles. The lowest BCUT2D eigenvalue weighted by molar-refractivity contribution is -0.128. The Hall–Kier alpha value is -1.88. The van der Waals surface area contributed by atoms with Crippen molar-refractivity contribution in [3.63, 3.8) is 0 Å². The van der Waals surface area contributed by atoms with Crippen molar-refractivity contribution < 1.29 is 9.59 Å². The van der Waals surface area contributed by atoms with E-state index in [1.807, 2.05) is 34.1 Å². The minimum absolute atomic E-state index is 0.0861. The lowest BCUT2D eigenvalue weighted by Gasteiger charge is -2.32. The minimum Gasteiger partial charge on any atom is -0.338 e. The molecule has 2 heterocycles. The number of nitrogens with zero attached hydrogens (tertiary/aromatic N) is 2. The Labute approximate surface area is 131 Å². The highest BCUT2D eigenvalue weighted by atomic mass is 16.2. The number of nitrogens with one attached hydrogen (secondary N) is 1. The second-order valence-electron chi connectivity index (χ2n) is 6.23. The van der Waals surface area contributed by atoms with Crippen LogP contribution in [0.15, 0.2) is 24.3 Å². The second-order valence-corrected chi connectivity index (χ2v) is 6.23. The van der Waals surface area contributed by atoms with Crippen molar-refractivity contribution >= 4 is 11.8 Å². The summed E-state index contributed by atoms with van der Waals surface area (Å²) in [5.41, 5.74) is 1.75. The van der Waals surface area contributed by atoms with Crippen molar-refractivity contribution in [3.8, 4) is 0 Å². The molecule has 0 radical (unpaired) electrons. The Morgan fingerprint density at radius 1 is 1.36 bits per heavy atom. The first-order chi connectivity index (χ1) is 10.6. The zero-order valence-electron chi connectivity index (χ0n) is 13.0. The molecule has 1 aromatic rings. The summed E-state index contributed by atoms with van der Waals surface area (Å²) in [4.78, 5) is 28.1. The fraction of sp³-hybridized carbons (Fsp3) is 0.529. The molecule has 1 atom stereocenters. The first kappa shape index (κ1) is 15.0. The number of benzene rings is 1. The highest BCUT2D eigenvalue weighted by molar-refractivity contribution is 5.94. The summed E-state index contributed by atoms with van der Waals surface area (Å²) < 4.78 is 0. The van der Waals surface area contributed by atoms with E-state index in [2.05, 4.69) is 12.2 Å². The molecule has 2 fully saturated rings. The van der Waals surface area contributed by atoms with Crippen LogP contribution in [0.4, 0.5) is 0 Å². The largest absolute Gasteiger partial charge is 0.338 e. The number of hydrogen-bond donors (Lipinski definition) is 1. The highest BCUT2D eigenvalue weighted by Gasteiger charge is 2.23. The third kappa shape index (κ3) is 3.30. The van der Waals surface area contributed by atoms with Crippen LogP contribution in [0.25, 0.3) is 0 Å². The quantitative estimate of drug-likeness (QED) is 0.914. The van der Waals surface area contributed by atoms with Crippen LogP contribution in [0, 0.1) is 0 Å². The average molecular weight is 301 g/mol. The molecule has 118 valence electrons. The molecule has 2 aliphatic rings. The third-order valence-electron chi connectivity index (χ3n) is 4.37. The van der Waals surface area contributed by atoms with Crippen molar-refractivity contribution in [3.05, 3.63) is 35.4 Å². The third-order valence-corrected chi connectivity index (χ3v) is 4.37. The standard InChI is InChI=1S/C17H23N3O2/c1-13-11-20(9-7-18-13)17(22)15-5-2-4-14(10-15)12-19-8-3-6-16(19)21/h2,4-5,10,13,18H,3,6-9,11-12H2,1H3. The van der Waals surface area contributed by atoms with Crippen molar-refractivity contribution in [2.45, 2.75) is 32.4 Å². The average Bonchev–Trinajstić information content (AvgIpc) is 2.92. The second kappa shape index (κ2) is 6.48. The molecular weight excluding hydrogens is 278 g/mol. The van der Waals surface area contributed by atoms with E-state index in [1.54, 1.807) is 0 Å². The fourth-order valence-corrected chi connectivity index (χ4v) is 3.19. The Balaban J connectivity index is 1.70. The van der Waals surface area contributed by atoms with Gasteiger partial charge in [-0.25, -0.2) is 0 Å². The van der Waals surface area contributed by atoms with Crippen molar-refractivity contribution in [2.75, 3.05) is 26.2 Å². The van der Waals surface area contributed by atoms with E-state index in [4.69, 9.17) is 0 Å². The number of hydrogen-bond acceptors (Lipinski definition) is 3.